The summed E-state index contributed by atoms with van der Waals surface area (Å²) in [6, 6.07) is 16.3. The Morgan fingerprint density at radius 3 is 2.80 bits per heavy atom. The third-order valence-electron chi connectivity index (χ3n) is 5.28. The predicted octanol–water partition coefficient (Wildman–Crippen LogP) is 5.11. The summed E-state index contributed by atoms with van der Waals surface area (Å²) in [7, 11) is 0. The number of rotatable bonds is 3. The Bertz CT molecular complexity index is 1120. The average molecular weight is 438 g/mol. The molecule has 152 valence electrons. The number of thiol groups is 1. The van der Waals surface area contributed by atoms with Crippen molar-refractivity contribution in [2.45, 2.75) is 18.9 Å². The minimum atomic E-state index is -0.298. The molecule has 0 bridgehead atoms. The zero-order valence-electron chi connectivity index (χ0n) is 16.1. The van der Waals surface area contributed by atoms with Crippen molar-refractivity contribution in [3.63, 3.8) is 0 Å². The zero-order valence-corrected chi connectivity index (χ0v) is 17.8. The molecule has 0 unspecified atom stereocenters. The third kappa shape index (κ3) is 4.30. The topological polar surface area (TPSA) is 72.3 Å². The Balaban J connectivity index is 1.41. The summed E-state index contributed by atoms with van der Waals surface area (Å²) in [5.74, 6) is 0. The van der Waals surface area contributed by atoms with Crippen LogP contribution in [0.2, 0.25) is 5.02 Å². The Morgan fingerprint density at radius 2 is 2.03 bits per heavy atom. The quantitative estimate of drug-likeness (QED) is 0.558. The van der Waals surface area contributed by atoms with E-state index in [1.54, 1.807) is 24.3 Å². The summed E-state index contributed by atoms with van der Waals surface area (Å²) < 4.78 is 1.46. The van der Waals surface area contributed by atoms with E-state index in [4.69, 9.17) is 16.9 Å². The SMILES string of the molecule is N#Cc1cccc(NC(=O)N(S)C2CCN(c3ccnc4ccc(Cl)cc34)CC2)c1. The van der Waals surface area contributed by atoms with Gasteiger partial charge in [-0.2, -0.15) is 5.26 Å². The summed E-state index contributed by atoms with van der Waals surface area (Å²) in [5, 5.41) is 13.5. The van der Waals surface area contributed by atoms with Crippen LogP contribution in [0.3, 0.4) is 0 Å². The molecule has 1 aliphatic rings. The molecule has 1 saturated heterocycles. The minimum Gasteiger partial charge on any atom is -0.371 e. The van der Waals surface area contributed by atoms with Gasteiger partial charge >= 0.3 is 6.03 Å². The normalized spacial score (nSPS) is 14.4. The number of anilines is 2. The van der Waals surface area contributed by atoms with Crippen molar-refractivity contribution >= 4 is 52.7 Å². The van der Waals surface area contributed by atoms with E-state index in [-0.39, 0.29) is 12.1 Å². The molecule has 4 rings (SSSR count). The first-order valence-corrected chi connectivity index (χ1v) is 10.4. The number of nitriles is 1. The molecule has 0 radical (unpaired) electrons. The van der Waals surface area contributed by atoms with Gasteiger partial charge in [-0.1, -0.05) is 30.5 Å². The van der Waals surface area contributed by atoms with E-state index in [1.165, 1.54) is 4.31 Å². The van der Waals surface area contributed by atoms with Crippen LogP contribution in [0, 0.1) is 11.3 Å². The van der Waals surface area contributed by atoms with E-state index < -0.39 is 0 Å². The predicted molar refractivity (Wildman–Crippen MR) is 123 cm³/mol. The summed E-state index contributed by atoms with van der Waals surface area (Å²) >= 11 is 10.6. The largest absolute Gasteiger partial charge is 0.371 e. The van der Waals surface area contributed by atoms with Gasteiger partial charge in [0.15, 0.2) is 0 Å². The number of carbonyl (C=O) groups is 1. The summed E-state index contributed by atoms with van der Waals surface area (Å²) in [6.45, 7) is 1.59. The number of nitrogens with zero attached hydrogens (tertiary/aromatic N) is 4. The standard InChI is InChI=1S/C22H20ClN5OS/c23-16-4-5-20-19(13-16)21(6-9-25-20)27-10-7-18(8-11-27)28(30)22(29)26-17-3-1-2-15(12-17)14-24/h1-6,9,12-13,18,30H,7-8,10-11H2,(H,26,29). The first kappa shape index (κ1) is 20.3. The highest BCUT2D eigenvalue weighted by molar-refractivity contribution is 7.78. The molecular formula is C22H20ClN5OS. The fraction of sp³-hybridized carbons (Fsp3) is 0.227. The van der Waals surface area contributed by atoms with Crippen molar-refractivity contribution in [2.24, 2.45) is 0 Å². The number of piperidine rings is 1. The van der Waals surface area contributed by atoms with Crippen molar-refractivity contribution in [2.75, 3.05) is 23.3 Å². The van der Waals surface area contributed by atoms with Gasteiger partial charge < -0.3 is 10.2 Å². The monoisotopic (exact) mass is 437 g/mol. The van der Waals surface area contributed by atoms with Gasteiger partial charge in [-0.25, -0.2) is 4.79 Å². The highest BCUT2D eigenvalue weighted by Gasteiger charge is 2.27. The molecule has 0 saturated carbocycles. The maximum absolute atomic E-state index is 12.6. The molecule has 2 heterocycles. The molecule has 0 aliphatic carbocycles. The Kier molecular flexibility index (Phi) is 5.98. The first-order chi connectivity index (χ1) is 14.5. The van der Waals surface area contributed by atoms with Gasteiger partial charge in [0.1, 0.15) is 0 Å². The molecule has 1 fully saturated rings. The van der Waals surface area contributed by atoms with Crippen LogP contribution in [-0.4, -0.2) is 34.5 Å². The van der Waals surface area contributed by atoms with Crippen LogP contribution in [0.25, 0.3) is 10.9 Å². The summed E-state index contributed by atoms with van der Waals surface area (Å²) in [5.41, 5.74) is 3.09. The van der Waals surface area contributed by atoms with E-state index in [0.717, 1.165) is 42.5 Å². The summed E-state index contributed by atoms with van der Waals surface area (Å²) in [4.78, 5) is 19.3. The van der Waals surface area contributed by atoms with Crippen LogP contribution >= 0.6 is 24.4 Å². The van der Waals surface area contributed by atoms with Gasteiger partial charge in [0.25, 0.3) is 0 Å². The lowest BCUT2D eigenvalue weighted by Crippen LogP contribution is -2.44. The number of hydrogen-bond donors (Lipinski definition) is 2. The smallest absolute Gasteiger partial charge is 0.331 e. The van der Waals surface area contributed by atoms with Gasteiger partial charge in [0.05, 0.1) is 17.1 Å². The molecule has 0 spiro atoms. The average Bonchev–Trinajstić information content (AvgIpc) is 2.78. The lowest BCUT2D eigenvalue weighted by atomic mass is 10.0. The van der Waals surface area contributed by atoms with Crippen molar-refractivity contribution in [1.82, 2.24) is 9.29 Å². The number of fused-ring (bicyclic) bond motifs is 1. The van der Waals surface area contributed by atoms with Crippen molar-refractivity contribution in [3.05, 3.63) is 65.3 Å². The zero-order chi connectivity index (χ0) is 21.1. The molecule has 2 aromatic carbocycles. The van der Waals surface area contributed by atoms with E-state index in [0.29, 0.717) is 16.3 Å². The lowest BCUT2D eigenvalue weighted by molar-refractivity contribution is 0.223. The van der Waals surface area contributed by atoms with Crippen LogP contribution in [0.5, 0.6) is 0 Å². The van der Waals surface area contributed by atoms with Crippen LogP contribution in [0.15, 0.2) is 54.7 Å². The van der Waals surface area contributed by atoms with E-state index in [1.807, 2.05) is 30.5 Å². The number of carbonyl (C=O) groups excluding carboxylic acids is 1. The van der Waals surface area contributed by atoms with Gasteiger partial charge in [-0.05, 0) is 55.3 Å². The highest BCUT2D eigenvalue weighted by Crippen LogP contribution is 2.31. The molecule has 3 aromatic rings. The third-order valence-corrected chi connectivity index (χ3v) is 6.03. The molecule has 1 N–H and O–H groups in total. The molecule has 1 aromatic heterocycles. The fourth-order valence-corrected chi connectivity index (χ4v) is 4.20. The van der Waals surface area contributed by atoms with E-state index >= 15 is 0 Å². The number of urea groups is 1. The summed E-state index contributed by atoms with van der Waals surface area (Å²) in [6.07, 6.45) is 3.39. The maximum Gasteiger partial charge on any atom is 0.331 e. The van der Waals surface area contributed by atoms with Crippen molar-refractivity contribution < 1.29 is 4.79 Å². The lowest BCUT2D eigenvalue weighted by Gasteiger charge is -2.37. The first-order valence-electron chi connectivity index (χ1n) is 9.63. The second-order valence-electron chi connectivity index (χ2n) is 7.18. The van der Waals surface area contributed by atoms with Gasteiger partial charge in [-0.3, -0.25) is 9.29 Å². The Morgan fingerprint density at radius 1 is 1.23 bits per heavy atom. The molecule has 6 nitrogen and oxygen atoms in total. The highest BCUT2D eigenvalue weighted by atomic mass is 35.5. The van der Waals surface area contributed by atoms with Gasteiger partial charge in [0, 0.05) is 47.1 Å². The van der Waals surface area contributed by atoms with E-state index in [9.17, 15) is 4.79 Å². The number of halogens is 1. The molecular weight excluding hydrogens is 418 g/mol. The van der Waals surface area contributed by atoms with Crippen LogP contribution in [0.1, 0.15) is 18.4 Å². The fourth-order valence-electron chi connectivity index (χ4n) is 3.74. The van der Waals surface area contributed by atoms with E-state index in [2.05, 4.69) is 34.1 Å². The second kappa shape index (κ2) is 8.82. The molecule has 2 amide bonds. The number of amides is 2. The van der Waals surface area contributed by atoms with Crippen LogP contribution in [-0.2, 0) is 0 Å². The maximum atomic E-state index is 12.6. The Labute approximate surface area is 185 Å². The van der Waals surface area contributed by atoms with Gasteiger partial charge in [0.2, 0.25) is 0 Å². The number of aromatic nitrogens is 1. The minimum absolute atomic E-state index is 0.0143. The van der Waals surface area contributed by atoms with Gasteiger partial charge in [-0.15, -0.1) is 0 Å². The van der Waals surface area contributed by atoms with Crippen LogP contribution in [0.4, 0.5) is 16.2 Å². The number of nitrogens with one attached hydrogen (secondary N) is 1. The molecule has 8 heteroatoms. The number of hydrogen-bond acceptors (Lipinski definition) is 5. The van der Waals surface area contributed by atoms with Crippen LogP contribution < -0.4 is 10.2 Å². The molecule has 0 atom stereocenters. The Hall–Kier alpha value is -2.95. The van der Waals surface area contributed by atoms with Crippen molar-refractivity contribution in [3.8, 4) is 6.07 Å². The number of pyridine rings is 1. The second-order valence-corrected chi connectivity index (χ2v) is 8.04. The van der Waals surface area contributed by atoms with Crippen molar-refractivity contribution in [1.29, 1.82) is 5.26 Å². The number of benzene rings is 2. The molecule has 1 aliphatic heterocycles. The molecule has 30 heavy (non-hydrogen) atoms.